The van der Waals surface area contributed by atoms with Crippen molar-refractivity contribution in [1.29, 1.82) is 0 Å². The molecule has 0 fully saturated rings. The molecule has 5 heteroatoms. The van der Waals surface area contributed by atoms with Crippen LogP contribution in [0.5, 0.6) is 0 Å². The number of fused-ring (bicyclic) bond motifs is 1. The highest BCUT2D eigenvalue weighted by Crippen LogP contribution is 2.22. The van der Waals surface area contributed by atoms with E-state index < -0.39 is 0 Å². The lowest BCUT2D eigenvalue weighted by molar-refractivity contribution is 0.925. The zero-order chi connectivity index (χ0) is 17.5. The van der Waals surface area contributed by atoms with E-state index in [1.165, 1.54) is 0 Å². The average Bonchev–Trinajstić information content (AvgIpc) is 3.18. The van der Waals surface area contributed by atoms with Crippen LogP contribution in [0.25, 0.3) is 16.9 Å². The van der Waals surface area contributed by atoms with Crippen LogP contribution in [0.15, 0.2) is 73.2 Å². The van der Waals surface area contributed by atoms with Crippen molar-refractivity contribution in [2.24, 2.45) is 0 Å². The van der Waals surface area contributed by atoms with Crippen LogP contribution in [0.3, 0.4) is 0 Å². The van der Waals surface area contributed by atoms with Gasteiger partial charge in [-0.1, -0.05) is 50.2 Å². The molecule has 0 bridgehead atoms. The minimum absolute atomic E-state index is 0.682. The lowest BCUT2D eigenvalue weighted by Crippen LogP contribution is -2.06. The van der Waals surface area contributed by atoms with Crippen LogP contribution in [0.4, 0.5) is 5.82 Å². The van der Waals surface area contributed by atoms with E-state index in [0.717, 1.165) is 28.3 Å². The first-order valence-electron chi connectivity index (χ1n) is 8.43. The molecule has 5 nitrogen and oxygen atoms in total. The van der Waals surface area contributed by atoms with Gasteiger partial charge in [0.2, 0.25) is 0 Å². The van der Waals surface area contributed by atoms with Gasteiger partial charge in [0, 0.05) is 36.6 Å². The summed E-state index contributed by atoms with van der Waals surface area (Å²) in [5.41, 5.74) is 3.94. The Bertz CT molecular complexity index is 917. The Balaban J connectivity index is 0.000000880. The van der Waals surface area contributed by atoms with E-state index >= 15 is 0 Å². The molecule has 0 saturated heterocycles. The first-order chi connectivity index (χ1) is 12.4. The van der Waals surface area contributed by atoms with Crippen molar-refractivity contribution in [3.8, 4) is 11.3 Å². The summed E-state index contributed by atoms with van der Waals surface area (Å²) in [6.45, 7) is 4.68. The van der Waals surface area contributed by atoms with Crippen LogP contribution < -0.4 is 5.32 Å². The highest BCUT2D eigenvalue weighted by atomic mass is 15.3. The third-order valence-corrected chi connectivity index (χ3v) is 3.63. The van der Waals surface area contributed by atoms with Gasteiger partial charge in [-0.05, 0) is 11.6 Å². The second-order valence-corrected chi connectivity index (χ2v) is 5.21. The maximum atomic E-state index is 4.67. The molecule has 25 heavy (non-hydrogen) atoms. The predicted octanol–water partition coefficient (Wildman–Crippen LogP) is 4.43. The third kappa shape index (κ3) is 3.83. The molecule has 3 aromatic heterocycles. The first-order valence-corrected chi connectivity index (χ1v) is 8.43. The standard InChI is InChI=1S/C18H15N5.C2H6/c1-2-6-15(7-3-1)16-11-18(23-17(22-16)8-10-21-23)20-13-14-5-4-9-19-12-14;1-2/h1-12,20H,13H2;1-2H3. The van der Waals surface area contributed by atoms with E-state index in [0.29, 0.717) is 6.54 Å². The third-order valence-electron chi connectivity index (χ3n) is 3.63. The molecule has 0 unspecified atom stereocenters. The Morgan fingerprint density at radius 3 is 2.56 bits per heavy atom. The van der Waals surface area contributed by atoms with Gasteiger partial charge in [0.25, 0.3) is 0 Å². The van der Waals surface area contributed by atoms with E-state index in [2.05, 4.69) is 32.5 Å². The summed E-state index contributed by atoms with van der Waals surface area (Å²) >= 11 is 0. The van der Waals surface area contributed by atoms with E-state index in [1.54, 1.807) is 12.4 Å². The number of hydrogen-bond acceptors (Lipinski definition) is 4. The van der Waals surface area contributed by atoms with Crippen LogP contribution in [0.1, 0.15) is 19.4 Å². The molecule has 0 atom stereocenters. The Morgan fingerprint density at radius 2 is 1.80 bits per heavy atom. The van der Waals surface area contributed by atoms with Crippen LogP contribution in [-0.2, 0) is 6.54 Å². The van der Waals surface area contributed by atoms with Crippen LogP contribution in [0, 0.1) is 0 Å². The molecular formula is C20H21N5. The van der Waals surface area contributed by atoms with Gasteiger partial charge in [0.15, 0.2) is 5.65 Å². The molecule has 1 aromatic carbocycles. The predicted molar refractivity (Wildman–Crippen MR) is 101 cm³/mol. The first kappa shape index (κ1) is 16.6. The summed E-state index contributed by atoms with van der Waals surface area (Å²) in [4.78, 5) is 8.81. The van der Waals surface area contributed by atoms with Gasteiger partial charge in [0.1, 0.15) is 5.82 Å². The molecule has 0 amide bonds. The van der Waals surface area contributed by atoms with Gasteiger partial charge in [0.05, 0.1) is 11.9 Å². The van der Waals surface area contributed by atoms with E-state index in [9.17, 15) is 0 Å². The summed E-state index contributed by atoms with van der Waals surface area (Å²) in [5.74, 6) is 0.905. The topological polar surface area (TPSA) is 55.1 Å². The molecule has 4 aromatic rings. The quantitative estimate of drug-likeness (QED) is 0.601. The fourth-order valence-electron chi connectivity index (χ4n) is 2.49. The maximum absolute atomic E-state index is 4.67. The maximum Gasteiger partial charge on any atom is 0.157 e. The van der Waals surface area contributed by atoms with Crippen LogP contribution in [-0.4, -0.2) is 19.6 Å². The fraction of sp³-hybridized carbons (Fsp3) is 0.150. The van der Waals surface area contributed by atoms with Crippen molar-refractivity contribution >= 4 is 11.5 Å². The Kier molecular flexibility index (Phi) is 5.36. The van der Waals surface area contributed by atoms with Gasteiger partial charge >= 0.3 is 0 Å². The molecule has 0 aliphatic carbocycles. The van der Waals surface area contributed by atoms with Gasteiger partial charge in [-0.15, -0.1) is 0 Å². The summed E-state index contributed by atoms with van der Waals surface area (Å²) < 4.78 is 1.81. The van der Waals surface area contributed by atoms with Crippen molar-refractivity contribution < 1.29 is 0 Å². The van der Waals surface area contributed by atoms with Gasteiger partial charge in [-0.25, -0.2) is 4.98 Å². The van der Waals surface area contributed by atoms with Crippen molar-refractivity contribution in [2.45, 2.75) is 20.4 Å². The number of pyridine rings is 1. The molecule has 0 saturated carbocycles. The second kappa shape index (κ2) is 8.06. The molecule has 0 spiro atoms. The van der Waals surface area contributed by atoms with Gasteiger partial charge in [-0.3, -0.25) is 4.98 Å². The number of rotatable bonds is 4. The zero-order valence-corrected chi connectivity index (χ0v) is 14.4. The average molecular weight is 331 g/mol. The minimum Gasteiger partial charge on any atom is -0.366 e. The number of benzene rings is 1. The number of nitrogens with one attached hydrogen (secondary N) is 1. The van der Waals surface area contributed by atoms with Gasteiger partial charge < -0.3 is 5.32 Å². The molecule has 0 radical (unpaired) electrons. The minimum atomic E-state index is 0.682. The Morgan fingerprint density at radius 1 is 0.960 bits per heavy atom. The molecular weight excluding hydrogens is 310 g/mol. The molecule has 4 rings (SSSR count). The Hall–Kier alpha value is -3.21. The van der Waals surface area contributed by atoms with Crippen molar-refractivity contribution in [3.63, 3.8) is 0 Å². The molecule has 3 heterocycles. The normalized spacial score (nSPS) is 10.2. The summed E-state index contributed by atoms with van der Waals surface area (Å²) in [5, 5.41) is 7.76. The van der Waals surface area contributed by atoms with Crippen LogP contribution in [0.2, 0.25) is 0 Å². The van der Waals surface area contributed by atoms with Crippen molar-refractivity contribution in [3.05, 3.63) is 78.8 Å². The number of nitrogens with zero attached hydrogens (tertiary/aromatic N) is 4. The number of hydrogen-bond donors (Lipinski definition) is 1. The second-order valence-electron chi connectivity index (χ2n) is 5.21. The van der Waals surface area contributed by atoms with E-state index in [1.807, 2.05) is 67.0 Å². The van der Waals surface area contributed by atoms with Crippen LogP contribution >= 0.6 is 0 Å². The monoisotopic (exact) mass is 331 g/mol. The molecule has 0 aliphatic heterocycles. The number of anilines is 1. The Labute approximate surface area is 147 Å². The zero-order valence-electron chi connectivity index (χ0n) is 14.4. The van der Waals surface area contributed by atoms with E-state index in [-0.39, 0.29) is 0 Å². The summed E-state index contributed by atoms with van der Waals surface area (Å²) in [6, 6.07) is 18.0. The lowest BCUT2D eigenvalue weighted by Gasteiger charge is -2.10. The summed E-state index contributed by atoms with van der Waals surface area (Å²) in [7, 11) is 0. The molecule has 0 aliphatic rings. The smallest absolute Gasteiger partial charge is 0.157 e. The highest BCUT2D eigenvalue weighted by Gasteiger charge is 2.08. The lowest BCUT2D eigenvalue weighted by atomic mass is 10.1. The van der Waals surface area contributed by atoms with E-state index in [4.69, 9.17) is 0 Å². The van der Waals surface area contributed by atoms with Crippen molar-refractivity contribution in [1.82, 2.24) is 19.6 Å². The summed E-state index contributed by atoms with van der Waals surface area (Å²) in [6.07, 6.45) is 5.38. The fourth-order valence-corrected chi connectivity index (χ4v) is 2.49. The van der Waals surface area contributed by atoms with Gasteiger partial charge in [-0.2, -0.15) is 9.61 Å². The highest BCUT2D eigenvalue weighted by molar-refractivity contribution is 5.66. The van der Waals surface area contributed by atoms with Crippen molar-refractivity contribution in [2.75, 3.05) is 5.32 Å². The molecule has 126 valence electrons. The number of aromatic nitrogens is 4. The SMILES string of the molecule is CC.c1ccc(-c2cc(NCc3cccnc3)n3nccc3n2)cc1. The largest absolute Gasteiger partial charge is 0.366 e. The molecule has 1 N–H and O–H groups in total.